The number of likely N-dealkylation sites (N-methyl/N-ethyl adjacent to an activating group) is 1. The maximum absolute atomic E-state index is 13.6. The highest BCUT2D eigenvalue weighted by Crippen LogP contribution is 2.08. The van der Waals surface area contributed by atoms with Crippen molar-refractivity contribution >= 4 is 23.8 Å². The number of rotatable bonds is 6. The Morgan fingerprint density at radius 3 is 2.43 bits per heavy atom. The predicted molar refractivity (Wildman–Crippen MR) is 113 cm³/mol. The minimum atomic E-state index is -0.406. The molecule has 3 amide bonds. The molecule has 0 saturated carbocycles. The molecule has 8 heteroatoms. The van der Waals surface area contributed by atoms with Crippen LogP contribution in [-0.2, 0) is 14.4 Å². The summed E-state index contributed by atoms with van der Waals surface area (Å²) in [6.45, 7) is 8.65. The van der Waals surface area contributed by atoms with Gasteiger partial charge in [-0.25, -0.2) is 4.39 Å². The van der Waals surface area contributed by atoms with Crippen LogP contribution in [0.2, 0.25) is 0 Å². The van der Waals surface area contributed by atoms with Crippen LogP contribution in [0.3, 0.4) is 0 Å². The van der Waals surface area contributed by atoms with Crippen molar-refractivity contribution in [1.82, 2.24) is 15.1 Å². The molecular formula is C22H32FN4O3+. The van der Waals surface area contributed by atoms with Gasteiger partial charge in [0.25, 0.3) is 5.91 Å². The normalized spacial score (nSPS) is 15.3. The summed E-state index contributed by atoms with van der Waals surface area (Å²) >= 11 is 0. The van der Waals surface area contributed by atoms with E-state index in [1.54, 1.807) is 30.1 Å². The number of nitrogens with zero attached hydrogens (tertiary/aromatic N) is 2. The van der Waals surface area contributed by atoms with E-state index in [9.17, 15) is 18.8 Å². The number of hydrogen-bond acceptors (Lipinski definition) is 3. The van der Waals surface area contributed by atoms with Crippen molar-refractivity contribution in [3.8, 4) is 0 Å². The van der Waals surface area contributed by atoms with E-state index in [-0.39, 0.29) is 29.8 Å². The fourth-order valence-corrected chi connectivity index (χ4v) is 3.22. The Hall–Kier alpha value is -2.74. The van der Waals surface area contributed by atoms with Gasteiger partial charge in [0.05, 0.1) is 32.7 Å². The standard InChI is InChI=1S/C22H31FN4O3/c1-22(2,3)24-19(28)15-26-11-13-27(14-12-26)21(30)16-25(4)20(29)10-9-17-7-5-6-8-18(17)23/h5-10H,11-16H2,1-4H3,(H,24,28)/p+1/b10-9+. The minimum Gasteiger partial charge on any atom is -0.347 e. The topological polar surface area (TPSA) is 74.2 Å². The number of piperazine rings is 1. The van der Waals surface area contributed by atoms with Crippen molar-refractivity contribution in [3.05, 3.63) is 41.7 Å². The van der Waals surface area contributed by atoms with Crippen LogP contribution < -0.4 is 10.2 Å². The molecule has 1 aliphatic rings. The highest BCUT2D eigenvalue weighted by atomic mass is 19.1. The van der Waals surface area contributed by atoms with Crippen LogP contribution in [0.5, 0.6) is 0 Å². The van der Waals surface area contributed by atoms with E-state index in [1.807, 2.05) is 20.8 Å². The van der Waals surface area contributed by atoms with E-state index in [1.165, 1.54) is 23.1 Å². The average Bonchev–Trinajstić information content (AvgIpc) is 2.66. The predicted octanol–water partition coefficient (Wildman–Crippen LogP) is -0.0609. The second-order valence-electron chi connectivity index (χ2n) is 8.65. The molecule has 164 valence electrons. The van der Waals surface area contributed by atoms with Crippen molar-refractivity contribution in [1.29, 1.82) is 0 Å². The molecule has 2 N–H and O–H groups in total. The van der Waals surface area contributed by atoms with E-state index in [4.69, 9.17) is 0 Å². The van der Waals surface area contributed by atoms with Crippen LogP contribution in [0.1, 0.15) is 26.3 Å². The van der Waals surface area contributed by atoms with Crippen molar-refractivity contribution in [3.63, 3.8) is 0 Å². The Morgan fingerprint density at radius 2 is 1.83 bits per heavy atom. The van der Waals surface area contributed by atoms with Gasteiger partial charge < -0.3 is 20.0 Å². The van der Waals surface area contributed by atoms with Gasteiger partial charge in [-0.3, -0.25) is 14.4 Å². The monoisotopic (exact) mass is 419 g/mol. The van der Waals surface area contributed by atoms with Crippen molar-refractivity contribution in [2.75, 3.05) is 46.3 Å². The quantitative estimate of drug-likeness (QED) is 0.635. The number of hydrogen-bond donors (Lipinski definition) is 2. The Balaban J connectivity index is 1.78. The smallest absolute Gasteiger partial charge is 0.275 e. The van der Waals surface area contributed by atoms with Crippen molar-refractivity contribution < 1.29 is 23.7 Å². The first-order valence-electron chi connectivity index (χ1n) is 10.2. The van der Waals surface area contributed by atoms with Crippen LogP contribution in [0, 0.1) is 5.82 Å². The van der Waals surface area contributed by atoms with Gasteiger partial charge in [0.1, 0.15) is 5.82 Å². The minimum absolute atomic E-state index is 0.00393. The van der Waals surface area contributed by atoms with Gasteiger partial charge in [0, 0.05) is 24.2 Å². The number of nitrogens with one attached hydrogen (secondary N) is 2. The number of amides is 3. The lowest BCUT2D eigenvalue weighted by Gasteiger charge is -2.33. The Labute approximate surface area is 177 Å². The molecule has 0 unspecified atom stereocenters. The molecule has 1 aromatic carbocycles. The number of carbonyl (C=O) groups is 3. The van der Waals surface area contributed by atoms with Crippen LogP contribution in [0.15, 0.2) is 30.3 Å². The molecule has 1 aliphatic heterocycles. The third kappa shape index (κ3) is 7.59. The van der Waals surface area contributed by atoms with E-state index in [0.29, 0.717) is 38.3 Å². The fourth-order valence-electron chi connectivity index (χ4n) is 3.22. The first-order chi connectivity index (χ1) is 14.0. The molecule has 0 atom stereocenters. The largest absolute Gasteiger partial charge is 0.347 e. The molecule has 0 aliphatic carbocycles. The van der Waals surface area contributed by atoms with Crippen molar-refractivity contribution in [2.45, 2.75) is 26.3 Å². The first kappa shape index (κ1) is 23.5. The molecule has 1 aromatic rings. The summed E-state index contributed by atoms with van der Waals surface area (Å²) in [6, 6.07) is 6.17. The average molecular weight is 420 g/mol. The molecule has 1 fully saturated rings. The van der Waals surface area contributed by atoms with Gasteiger partial charge in [-0.1, -0.05) is 18.2 Å². The zero-order valence-corrected chi connectivity index (χ0v) is 18.2. The molecule has 1 saturated heterocycles. The second-order valence-corrected chi connectivity index (χ2v) is 8.65. The molecule has 1 heterocycles. The van der Waals surface area contributed by atoms with Crippen LogP contribution in [0.4, 0.5) is 4.39 Å². The fraction of sp³-hybridized carbons (Fsp3) is 0.500. The number of carbonyl (C=O) groups excluding carboxylic acids is 3. The van der Waals surface area contributed by atoms with Crippen LogP contribution >= 0.6 is 0 Å². The van der Waals surface area contributed by atoms with Gasteiger partial charge in [-0.05, 0) is 32.9 Å². The Bertz CT molecular complexity index is 796. The van der Waals surface area contributed by atoms with Gasteiger partial charge >= 0.3 is 0 Å². The molecule has 2 rings (SSSR count). The van der Waals surface area contributed by atoms with Crippen LogP contribution in [-0.4, -0.2) is 79.4 Å². The summed E-state index contributed by atoms with van der Waals surface area (Å²) in [5.74, 6) is -0.904. The van der Waals surface area contributed by atoms with E-state index in [2.05, 4.69) is 5.32 Å². The third-order valence-corrected chi connectivity index (χ3v) is 4.81. The molecular weight excluding hydrogens is 387 g/mol. The summed E-state index contributed by atoms with van der Waals surface area (Å²) < 4.78 is 13.6. The lowest BCUT2D eigenvalue weighted by Crippen LogP contribution is -3.16. The van der Waals surface area contributed by atoms with E-state index < -0.39 is 5.82 Å². The summed E-state index contributed by atoms with van der Waals surface area (Å²) in [5.41, 5.74) is 0.0618. The summed E-state index contributed by atoms with van der Waals surface area (Å²) in [7, 11) is 1.55. The highest BCUT2D eigenvalue weighted by Gasteiger charge is 2.27. The summed E-state index contributed by atoms with van der Waals surface area (Å²) in [6.07, 6.45) is 2.67. The molecule has 30 heavy (non-hydrogen) atoms. The Morgan fingerprint density at radius 1 is 1.20 bits per heavy atom. The number of benzene rings is 1. The first-order valence-corrected chi connectivity index (χ1v) is 10.2. The third-order valence-electron chi connectivity index (χ3n) is 4.81. The molecule has 0 bridgehead atoms. The summed E-state index contributed by atoms with van der Waals surface area (Å²) in [4.78, 5) is 41.0. The molecule has 0 radical (unpaired) electrons. The molecule has 7 nitrogen and oxygen atoms in total. The molecule has 0 spiro atoms. The van der Waals surface area contributed by atoms with Crippen LogP contribution in [0.25, 0.3) is 6.08 Å². The summed E-state index contributed by atoms with van der Waals surface area (Å²) in [5, 5.41) is 2.95. The van der Waals surface area contributed by atoms with Gasteiger partial charge in [-0.2, -0.15) is 0 Å². The van der Waals surface area contributed by atoms with E-state index in [0.717, 1.165) is 4.90 Å². The van der Waals surface area contributed by atoms with Gasteiger partial charge in [0.2, 0.25) is 11.8 Å². The van der Waals surface area contributed by atoms with Crippen molar-refractivity contribution in [2.24, 2.45) is 0 Å². The maximum Gasteiger partial charge on any atom is 0.275 e. The second kappa shape index (κ2) is 10.3. The highest BCUT2D eigenvalue weighted by molar-refractivity contribution is 5.94. The maximum atomic E-state index is 13.6. The zero-order chi connectivity index (χ0) is 22.3. The lowest BCUT2D eigenvalue weighted by molar-refractivity contribution is -0.896. The number of quaternary nitrogens is 1. The SMILES string of the molecule is CN(CC(=O)N1CC[NH+](CC(=O)NC(C)(C)C)CC1)C(=O)/C=C/c1ccccc1F. The Kier molecular flexibility index (Phi) is 8.11. The molecule has 0 aromatic heterocycles. The zero-order valence-electron chi connectivity index (χ0n) is 18.2. The lowest BCUT2D eigenvalue weighted by atomic mass is 10.1. The number of halogens is 1. The van der Waals surface area contributed by atoms with Gasteiger partial charge in [-0.15, -0.1) is 0 Å². The van der Waals surface area contributed by atoms with Gasteiger partial charge in [0.15, 0.2) is 6.54 Å². The van der Waals surface area contributed by atoms with E-state index >= 15 is 0 Å².